The van der Waals surface area contributed by atoms with E-state index in [1.54, 1.807) is 0 Å². The Bertz CT molecular complexity index is 772. The van der Waals surface area contributed by atoms with E-state index < -0.39 is 13.6 Å². The molecule has 2 aromatic heterocycles. The number of nitrogen functional groups attached to an aromatic ring is 2. The van der Waals surface area contributed by atoms with Gasteiger partial charge in [-0.15, -0.1) is 4.67 Å². The van der Waals surface area contributed by atoms with Crippen LogP contribution in [0.15, 0.2) is 18.5 Å². The highest BCUT2D eigenvalue weighted by atomic mass is 31.2. The summed E-state index contributed by atoms with van der Waals surface area (Å²) in [5.74, 6) is 0.0752. The van der Waals surface area contributed by atoms with E-state index in [-0.39, 0.29) is 25.0 Å². The van der Waals surface area contributed by atoms with Gasteiger partial charge in [-0.2, -0.15) is 9.97 Å². The lowest BCUT2D eigenvalue weighted by Crippen LogP contribution is -2.18. The number of hydrogen-bond donors (Lipinski definition) is 4. The van der Waals surface area contributed by atoms with Crippen LogP contribution >= 0.6 is 7.60 Å². The van der Waals surface area contributed by atoms with Crippen molar-refractivity contribution in [3.8, 4) is 0 Å². The summed E-state index contributed by atoms with van der Waals surface area (Å²) in [6.07, 6.45) is 1.40. The number of anilines is 2. The summed E-state index contributed by atoms with van der Waals surface area (Å²) < 4.78 is 16.8. The fourth-order valence-corrected chi connectivity index (χ4v) is 2.14. The Balaban J connectivity index is 2.24. The third-order valence-corrected chi connectivity index (χ3v) is 3.26. The fraction of sp³-hybridized carbons (Fsp3) is 0.364. The number of imidazole rings is 1. The average Bonchev–Trinajstić information content (AvgIpc) is 2.82. The van der Waals surface area contributed by atoms with E-state index in [1.165, 1.54) is 10.9 Å². The zero-order valence-corrected chi connectivity index (χ0v) is 13.2. The summed E-state index contributed by atoms with van der Waals surface area (Å²) in [5, 5.41) is 9.61. The number of rotatable bonds is 7. The van der Waals surface area contributed by atoms with Gasteiger partial charge in [-0.05, 0) is 5.57 Å². The van der Waals surface area contributed by atoms with Gasteiger partial charge in [0.05, 0.1) is 19.0 Å². The molecule has 2 unspecified atom stereocenters. The van der Waals surface area contributed by atoms with Gasteiger partial charge in [0.25, 0.3) is 0 Å². The molecule has 0 aliphatic heterocycles. The minimum atomic E-state index is -3.77. The van der Waals surface area contributed by atoms with Crippen LogP contribution in [0.1, 0.15) is 6.04 Å². The normalized spacial score (nSPS) is 15.4. The second-order valence-electron chi connectivity index (χ2n) is 4.79. The quantitative estimate of drug-likeness (QED) is 0.229. The Morgan fingerprint density at radius 2 is 2.22 bits per heavy atom. The molecule has 2 atom stereocenters. The molecule has 126 valence electrons. The molecule has 0 aromatic carbocycles. The summed E-state index contributed by atoms with van der Waals surface area (Å²) in [6, 6.07) is -0.674. The molecule has 6 N–H and O–H groups in total. The minimum Gasteiger partial charge on any atom is -0.394 e. The molecular weight excluding hydrogens is 327 g/mol. The standard InChI is InChI=1S/C11H17N6O5P/c1-6(4-21-22-23(2,19)20)7(3-18)17-5-14-8-9(12)15-11(13)16-10(8)17/h5,7,18H,1,3-4H2,2H3,(H,19,20)(H4,12,13,15,16). The SMILES string of the molecule is C=C(COOP(C)(=O)O)C(CO)n1cnc2c(N)nc(N)nc21. The molecule has 0 spiro atoms. The molecule has 0 bridgehead atoms. The van der Waals surface area contributed by atoms with Crippen molar-refractivity contribution in [2.24, 2.45) is 0 Å². The van der Waals surface area contributed by atoms with Crippen LogP contribution < -0.4 is 11.5 Å². The lowest BCUT2D eigenvalue weighted by atomic mass is 10.1. The Labute approximate surface area is 131 Å². The lowest BCUT2D eigenvalue weighted by Gasteiger charge is -2.19. The van der Waals surface area contributed by atoms with Gasteiger partial charge in [-0.1, -0.05) is 6.58 Å². The molecule has 0 aliphatic rings. The fourth-order valence-electron chi connectivity index (χ4n) is 1.89. The van der Waals surface area contributed by atoms with E-state index >= 15 is 0 Å². The molecule has 0 amide bonds. The number of nitrogens with two attached hydrogens (primary N) is 2. The lowest BCUT2D eigenvalue weighted by molar-refractivity contribution is -0.204. The van der Waals surface area contributed by atoms with Crippen molar-refractivity contribution in [3.63, 3.8) is 0 Å². The van der Waals surface area contributed by atoms with E-state index in [0.717, 1.165) is 6.66 Å². The maximum Gasteiger partial charge on any atom is 0.352 e. The Morgan fingerprint density at radius 3 is 2.83 bits per heavy atom. The first-order chi connectivity index (χ1) is 10.7. The maximum atomic E-state index is 11.0. The molecule has 2 heterocycles. The Morgan fingerprint density at radius 1 is 1.52 bits per heavy atom. The zero-order chi connectivity index (χ0) is 17.2. The van der Waals surface area contributed by atoms with Crippen molar-refractivity contribution in [1.29, 1.82) is 0 Å². The second kappa shape index (κ2) is 6.60. The van der Waals surface area contributed by atoms with Crippen LogP contribution in [0.2, 0.25) is 0 Å². The number of aromatic nitrogens is 4. The number of hydrogen-bond acceptors (Lipinski definition) is 9. The van der Waals surface area contributed by atoms with Crippen LogP contribution in [0, 0.1) is 0 Å². The van der Waals surface area contributed by atoms with Crippen molar-refractivity contribution in [1.82, 2.24) is 19.5 Å². The van der Waals surface area contributed by atoms with E-state index in [4.69, 9.17) is 16.4 Å². The van der Waals surface area contributed by atoms with Crippen molar-refractivity contribution >= 4 is 30.5 Å². The van der Waals surface area contributed by atoms with Crippen molar-refractivity contribution in [2.75, 3.05) is 31.3 Å². The maximum absolute atomic E-state index is 11.0. The van der Waals surface area contributed by atoms with E-state index in [9.17, 15) is 9.67 Å². The molecule has 0 aliphatic carbocycles. The van der Waals surface area contributed by atoms with Gasteiger partial charge in [0.2, 0.25) is 5.95 Å². The number of aliphatic hydroxyl groups is 1. The third kappa shape index (κ3) is 4.03. The predicted molar refractivity (Wildman–Crippen MR) is 82.2 cm³/mol. The first kappa shape index (κ1) is 17.3. The molecule has 2 rings (SSSR count). The molecule has 0 saturated carbocycles. The van der Waals surface area contributed by atoms with Gasteiger partial charge in [0.1, 0.15) is 12.1 Å². The summed E-state index contributed by atoms with van der Waals surface area (Å²) in [4.78, 5) is 25.6. The number of nitrogens with zero attached hydrogens (tertiary/aromatic N) is 4. The summed E-state index contributed by atoms with van der Waals surface area (Å²) in [5.41, 5.74) is 12.3. The molecule has 12 heteroatoms. The summed E-state index contributed by atoms with van der Waals surface area (Å²) in [6.45, 7) is 4.17. The topological polar surface area (TPSA) is 172 Å². The van der Waals surface area contributed by atoms with Crippen molar-refractivity contribution < 1.29 is 24.1 Å². The highest BCUT2D eigenvalue weighted by Gasteiger charge is 2.21. The van der Waals surface area contributed by atoms with Crippen molar-refractivity contribution in [3.05, 3.63) is 18.5 Å². The van der Waals surface area contributed by atoms with Crippen LogP contribution in [0.25, 0.3) is 11.2 Å². The van der Waals surface area contributed by atoms with Crippen LogP contribution in [0.3, 0.4) is 0 Å². The van der Waals surface area contributed by atoms with E-state index in [2.05, 4.69) is 31.1 Å². The van der Waals surface area contributed by atoms with Gasteiger partial charge in [0.15, 0.2) is 11.5 Å². The van der Waals surface area contributed by atoms with Crippen LogP contribution in [-0.4, -0.2) is 49.4 Å². The summed E-state index contributed by atoms with van der Waals surface area (Å²) in [7, 11) is -3.77. The van der Waals surface area contributed by atoms with E-state index in [1.807, 2.05) is 0 Å². The molecule has 0 saturated heterocycles. The van der Waals surface area contributed by atoms with Crippen molar-refractivity contribution in [2.45, 2.75) is 6.04 Å². The van der Waals surface area contributed by atoms with Crippen LogP contribution in [0.5, 0.6) is 0 Å². The summed E-state index contributed by atoms with van der Waals surface area (Å²) >= 11 is 0. The Kier molecular flexibility index (Phi) is 4.97. The first-order valence-corrected chi connectivity index (χ1v) is 8.41. The molecule has 0 fully saturated rings. The third-order valence-electron chi connectivity index (χ3n) is 2.88. The zero-order valence-electron chi connectivity index (χ0n) is 12.3. The molecule has 23 heavy (non-hydrogen) atoms. The van der Waals surface area contributed by atoms with Gasteiger partial charge in [0, 0.05) is 6.66 Å². The van der Waals surface area contributed by atoms with Gasteiger partial charge < -0.3 is 26.0 Å². The molecule has 11 nitrogen and oxygen atoms in total. The highest BCUT2D eigenvalue weighted by Crippen LogP contribution is 2.37. The number of aliphatic hydroxyl groups excluding tert-OH is 1. The van der Waals surface area contributed by atoms with Gasteiger partial charge in [-0.25, -0.2) is 9.87 Å². The highest BCUT2D eigenvalue weighted by molar-refractivity contribution is 7.51. The minimum absolute atomic E-state index is 0.0363. The number of fused-ring (bicyclic) bond motifs is 1. The molecular formula is C11H17N6O5P. The van der Waals surface area contributed by atoms with Crippen LogP contribution in [0.4, 0.5) is 11.8 Å². The monoisotopic (exact) mass is 344 g/mol. The first-order valence-electron chi connectivity index (χ1n) is 6.38. The van der Waals surface area contributed by atoms with Gasteiger partial charge >= 0.3 is 7.60 Å². The van der Waals surface area contributed by atoms with E-state index in [0.29, 0.717) is 16.7 Å². The molecule has 2 aromatic rings. The second-order valence-corrected chi connectivity index (χ2v) is 6.54. The largest absolute Gasteiger partial charge is 0.394 e. The average molecular weight is 344 g/mol. The smallest absolute Gasteiger partial charge is 0.352 e. The molecule has 0 radical (unpaired) electrons. The van der Waals surface area contributed by atoms with Crippen LogP contribution in [-0.2, 0) is 14.1 Å². The predicted octanol–water partition coefficient (Wildman–Crippen LogP) is -0.156. The van der Waals surface area contributed by atoms with Gasteiger partial charge in [-0.3, -0.25) is 4.57 Å². The Hall–Kier alpha value is -2.04.